The van der Waals surface area contributed by atoms with Gasteiger partial charge < -0.3 is 5.11 Å². The first kappa shape index (κ1) is 9.68. The Balaban J connectivity index is 1.98. The van der Waals surface area contributed by atoms with Crippen LogP contribution in [0.15, 0.2) is 11.4 Å². The molecule has 1 saturated heterocycles. The summed E-state index contributed by atoms with van der Waals surface area (Å²) < 4.78 is 0. The number of carboxylic acid groups (broad SMARTS) is 1. The predicted molar refractivity (Wildman–Crippen MR) is 55.8 cm³/mol. The van der Waals surface area contributed by atoms with E-state index in [1.165, 1.54) is 24.2 Å². The Morgan fingerprint density at radius 2 is 2.21 bits per heavy atom. The van der Waals surface area contributed by atoms with E-state index in [1.54, 1.807) is 6.07 Å². The van der Waals surface area contributed by atoms with Crippen LogP contribution >= 0.6 is 11.3 Å². The first-order valence-electron chi connectivity index (χ1n) is 4.79. The van der Waals surface area contributed by atoms with Crippen molar-refractivity contribution in [2.45, 2.75) is 19.4 Å². The zero-order valence-electron chi connectivity index (χ0n) is 7.90. The van der Waals surface area contributed by atoms with Crippen LogP contribution in [0.4, 0.5) is 0 Å². The van der Waals surface area contributed by atoms with E-state index in [0.29, 0.717) is 4.88 Å². The Kier molecular flexibility index (Phi) is 2.84. The summed E-state index contributed by atoms with van der Waals surface area (Å²) >= 11 is 1.31. The van der Waals surface area contributed by atoms with Crippen molar-refractivity contribution in [3.8, 4) is 0 Å². The molecule has 0 saturated carbocycles. The summed E-state index contributed by atoms with van der Waals surface area (Å²) in [6.07, 6.45) is 2.55. The number of thiophene rings is 1. The van der Waals surface area contributed by atoms with E-state index in [4.69, 9.17) is 5.11 Å². The number of carbonyl (C=O) groups is 1. The summed E-state index contributed by atoms with van der Waals surface area (Å²) in [4.78, 5) is 13.5. The van der Waals surface area contributed by atoms with Crippen molar-refractivity contribution in [3.63, 3.8) is 0 Å². The molecule has 1 fully saturated rings. The number of nitrogens with zero attached hydrogens (tertiary/aromatic N) is 1. The van der Waals surface area contributed by atoms with E-state index in [9.17, 15) is 4.79 Å². The SMILES string of the molecule is O=C(O)c1cc(CN2CCCC2)cs1. The monoisotopic (exact) mass is 211 g/mol. The molecule has 1 aromatic rings. The van der Waals surface area contributed by atoms with Gasteiger partial charge in [0.1, 0.15) is 4.88 Å². The van der Waals surface area contributed by atoms with Crippen LogP contribution in [-0.4, -0.2) is 29.1 Å². The molecule has 14 heavy (non-hydrogen) atoms. The van der Waals surface area contributed by atoms with E-state index in [0.717, 1.165) is 25.2 Å². The molecule has 1 aliphatic rings. The Morgan fingerprint density at radius 1 is 1.50 bits per heavy atom. The van der Waals surface area contributed by atoms with Gasteiger partial charge in [-0.2, -0.15) is 0 Å². The van der Waals surface area contributed by atoms with E-state index in [2.05, 4.69) is 4.90 Å². The molecule has 0 amide bonds. The maximum atomic E-state index is 10.6. The van der Waals surface area contributed by atoms with E-state index in [-0.39, 0.29) is 0 Å². The van der Waals surface area contributed by atoms with Crippen LogP contribution in [0.2, 0.25) is 0 Å². The second-order valence-electron chi connectivity index (χ2n) is 3.61. The lowest BCUT2D eigenvalue weighted by Crippen LogP contribution is -2.17. The summed E-state index contributed by atoms with van der Waals surface area (Å²) in [6.45, 7) is 3.21. The van der Waals surface area contributed by atoms with E-state index >= 15 is 0 Å². The quantitative estimate of drug-likeness (QED) is 0.831. The third-order valence-corrected chi connectivity index (χ3v) is 3.44. The molecular weight excluding hydrogens is 198 g/mol. The minimum atomic E-state index is -0.817. The predicted octanol–water partition coefficient (Wildman–Crippen LogP) is 2.04. The van der Waals surface area contributed by atoms with E-state index in [1.807, 2.05) is 5.38 Å². The van der Waals surface area contributed by atoms with Crippen LogP contribution in [0, 0.1) is 0 Å². The fraction of sp³-hybridized carbons (Fsp3) is 0.500. The molecule has 0 bridgehead atoms. The molecule has 0 atom stereocenters. The third kappa shape index (κ3) is 2.13. The minimum Gasteiger partial charge on any atom is -0.477 e. The van der Waals surface area contributed by atoms with Gasteiger partial charge in [-0.25, -0.2) is 4.79 Å². The maximum absolute atomic E-state index is 10.6. The standard InChI is InChI=1S/C10H13NO2S/c12-10(13)9-5-8(7-14-9)6-11-3-1-2-4-11/h5,7H,1-4,6H2,(H,12,13). The van der Waals surface area contributed by atoms with Crippen LogP contribution in [0.1, 0.15) is 28.1 Å². The van der Waals surface area contributed by atoms with Gasteiger partial charge in [-0.1, -0.05) is 0 Å². The van der Waals surface area contributed by atoms with Gasteiger partial charge in [0.25, 0.3) is 0 Å². The van der Waals surface area contributed by atoms with Crippen molar-refractivity contribution >= 4 is 17.3 Å². The third-order valence-electron chi connectivity index (χ3n) is 2.47. The molecule has 1 aromatic heterocycles. The number of likely N-dealkylation sites (tertiary alicyclic amines) is 1. The van der Waals surface area contributed by atoms with Gasteiger partial charge in [0.2, 0.25) is 0 Å². The molecule has 0 aliphatic carbocycles. The van der Waals surface area contributed by atoms with Gasteiger partial charge >= 0.3 is 5.97 Å². The molecular formula is C10H13NO2S. The highest BCUT2D eigenvalue weighted by molar-refractivity contribution is 7.12. The van der Waals surface area contributed by atoms with Crippen LogP contribution in [0.25, 0.3) is 0 Å². The van der Waals surface area contributed by atoms with Crippen molar-refractivity contribution in [1.29, 1.82) is 0 Å². The summed E-state index contributed by atoms with van der Waals surface area (Å²) in [5.41, 5.74) is 1.13. The molecule has 1 N–H and O–H groups in total. The molecule has 0 aromatic carbocycles. The number of hydrogen-bond acceptors (Lipinski definition) is 3. The molecule has 3 nitrogen and oxygen atoms in total. The molecule has 76 valence electrons. The van der Waals surface area contributed by atoms with Crippen LogP contribution < -0.4 is 0 Å². The molecule has 4 heteroatoms. The molecule has 2 rings (SSSR count). The average Bonchev–Trinajstić information content (AvgIpc) is 2.75. The fourth-order valence-electron chi connectivity index (χ4n) is 1.77. The number of aromatic carboxylic acids is 1. The average molecular weight is 211 g/mol. The van der Waals surface area contributed by atoms with Crippen LogP contribution in [-0.2, 0) is 6.54 Å². The Morgan fingerprint density at radius 3 is 2.79 bits per heavy atom. The van der Waals surface area contributed by atoms with Crippen molar-refractivity contribution < 1.29 is 9.90 Å². The highest BCUT2D eigenvalue weighted by Crippen LogP contribution is 2.18. The van der Waals surface area contributed by atoms with Gasteiger partial charge in [-0.3, -0.25) is 4.90 Å². The lowest BCUT2D eigenvalue weighted by atomic mass is 10.3. The van der Waals surface area contributed by atoms with Gasteiger partial charge in [0, 0.05) is 6.54 Å². The molecule has 1 aliphatic heterocycles. The van der Waals surface area contributed by atoms with Gasteiger partial charge in [0.15, 0.2) is 0 Å². The number of rotatable bonds is 3. The molecule has 0 spiro atoms. The lowest BCUT2D eigenvalue weighted by Gasteiger charge is -2.12. The summed E-state index contributed by atoms with van der Waals surface area (Å²) in [7, 11) is 0. The highest BCUT2D eigenvalue weighted by Gasteiger charge is 2.13. The summed E-state index contributed by atoms with van der Waals surface area (Å²) in [6, 6.07) is 1.78. The highest BCUT2D eigenvalue weighted by atomic mass is 32.1. The second kappa shape index (κ2) is 4.11. The van der Waals surface area contributed by atoms with Crippen molar-refractivity contribution in [1.82, 2.24) is 4.90 Å². The van der Waals surface area contributed by atoms with Crippen LogP contribution in [0.3, 0.4) is 0 Å². The van der Waals surface area contributed by atoms with Gasteiger partial charge in [-0.05, 0) is 42.9 Å². The summed E-state index contributed by atoms with van der Waals surface area (Å²) in [5, 5.41) is 10.7. The van der Waals surface area contributed by atoms with Gasteiger partial charge in [0.05, 0.1) is 0 Å². The normalized spacial score (nSPS) is 17.4. The number of hydrogen-bond donors (Lipinski definition) is 1. The molecule has 0 unspecified atom stereocenters. The zero-order chi connectivity index (χ0) is 9.97. The number of carboxylic acids is 1. The molecule has 2 heterocycles. The van der Waals surface area contributed by atoms with E-state index < -0.39 is 5.97 Å². The second-order valence-corrected chi connectivity index (χ2v) is 4.52. The van der Waals surface area contributed by atoms with Crippen molar-refractivity contribution in [2.24, 2.45) is 0 Å². The van der Waals surface area contributed by atoms with Crippen LogP contribution in [0.5, 0.6) is 0 Å². The molecule has 0 radical (unpaired) electrons. The van der Waals surface area contributed by atoms with Crippen molar-refractivity contribution in [3.05, 3.63) is 21.9 Å². The Hall–Kier alpha value is -0.870. The van der Waals surface area contributed by atoms with Crippen molar-refractivity contribution in [2.75, 3.05) is 13.1 Å². The fourth-order valence-corrected chi connectivity index (χ4v) is 2.51. The topological polar surface area (TPSA) is 40.5 Å². The first-order chi connectivity index (χ1) is 6.75. The zero-order valence-corrected chi connectivity index (χ0v) is 8.72. The minimum absolute atomic E-state index is 0.444. The summed E-state index contributed by atoms with van der Waals surface area (Å²) in [5.74, 6) is -0.817. The lowest BCUT2D eigenvalue weighted by molar-refractivity contribution is 0.0702. The largest absolute Gasteiger partial charge is 0.477 e. The maximum Gasteiger partial charge on any atom is 0.345 e. The van der Waals surface area contributed by atoms with Gasteiger partial charge in [-0.15, -0.1) is 11.3 Å². The first-order valence-corrected chi connectivity index (χ1v) is 5.67. The smallest absolute Gasteiger partial charge is 0.345 e. The Bertz CT molecular complexity index is 329. The Labute approximate surface area is 87.0 Å².